The van der Waals surface area contributed by atoms with Gasteiger partial charge in [0.05, 0.1) is 4.88 Å². The van der Waals surface area contributed by atoms with Gasteiger partial charge in [-0.1, -0.05) is 36.4 Å². The highest BCUT2D eigenvalue weighted by Crippen LogP contribution is 2.32. The standard InChI is InChI=1S/C19H12N4S/c1-2-6-13(7-3-1)15-12-14-8-4-10-20-17(14)23-18(15)21-22-19(23)16-9-5-11-24-16/h1-12H. The molecule has 24 heavy (non-hydrogen) atoms. The maximum atomic E-state index is 4.57. The second-order valence-electron chi connectivity index (χ2n) is 5.50. The van der Waals surface area contributed by atoms with E-state index in [0.29, 0.717) is 0 Å². The molecule has 4 heterocycles. The average Bonchev–Trinajstić information content (AvgIpc) is 3.31. The van der Waals surface area contributed by atoms with Crippen LogP contribution in [0.5, 0.6) is 0 Å². The fourth-order valence-corrected chi connectivity index (χ4v) is 3.68. The summed E-state index contributed by atoms with van der Waals surface area (Å²) in [7, 11) is 0. The molecule has 1 aromatic carbocycles. The zero-order valence-corrected chi connectivity index (χ0v) is 13.4. The van der Waals surface area contributed by atoms with Gasteiger partial charge in [-0.2, -0.15) is 0 Å². The van der Waals surface area contributed by atoms with Crippen LogP contribution in [0, 0.1) is 0 Å². The Bertz CT molecular complexity index is 1140. The number of rotatable bonds is 2. The first kappa shape index (κ1) is 13.4. The Morgan fingerprint density at radius 2 is 1.75 bits per heavy atom. The van der Waals surface area contributed by atoms with Crippen molar-refractivity contribution in [3.05, 3.63) is 72.2 Å². The van der Waals surface area contributed by atoms with Crippen molar-refractivity contribution in [1.82, 2.24) is 19.6 Å². The molecule has 0 aliphatic rings. The summed E-state index contributed by atoms with van der Waals surface area (Å²) in [4.78, 5) is 5.66. The Balaban J connectivity index is 1.95. The van der Waals surface area contributed by atoms with Gasteiger partial charge in [0.1, 0.15) is 5.65 Å². The first-order valence-electron chi connectivity index (χ1n) is 7.64. The molecule has 0 aliphatic carbocycles. The number of hydrogen-bond donors (Lipinski definition) is 0. The van der Waals surface area contributed by atoms with Crippen LogP contribution >= 0.6 is 11.3 Å². The van der Waals surface area contributed by atoms with E-state index in [1.165, 1.54) is 0 Å². The Labute approximate surface area is 142 Å². The van der Waals surface area contributed by atoms with Crippen LogP contribution in [-0.4, -0.2) is 19.6 Å². The number of pyridine rings is 2. The normalized spacial score (nSPS) is 11.3. The minimum atomic E-state index is 0.829. The SMILES string of the molecule is c1ccc(-c2cc3cccnc3n3c(-c4cccs4)nnc23)cc1. The van der Waals surface area contributed by atoms with Crippen molar-refractivity contribution >= 4 is 28.0 Å². The van der Waals surface area contributed by atoms with Crippen LogP contribution in [-0.2, 0) is 0 Å². The van der Waals surface area contributed by atoms with Gasteiger partial charge < -0.3 is 0 Å². The lowest BCUT2D eigenvalue weighted by Crippen LogP contribution is -1.96. The van der Waals surface area contributed by atoms with E-state index < -0.39 is 0 Å². The van der Waals surface area contributed by atoms with E-state index in [9.17, 15) is 0 Å². The molecule has 0 unspecified atom stereocenters. The van der Waals surface area contributed by atoms with Crippen molar-refractivity contribution in [3.63, 3.8) is 0 Å². The van der Waals surface area contributed by atoms with Crippen molar-refractivity contribution in [2.24, 2.45) is 0 Å². The quantitative estimate of drug-likeness (QED) is 0.473. The van der Waals surface area contributed by atoms with Crippen LogP contribution in [0.4, 0.5) is 0 Å². The summed E-state index contributed by atoms with van der Waals surface area (Å²) in [6, 6.07) is 20.5. The summed E-state index contributed by atoms with van der Waals surface area (Å²) in [5.74, 6) is 0.835. The monoisotopic (exact) mass is 328 g/mol. The molecule has 5 rings (SSSR count). The third kappa shape index (κ3) is 1.95. The maximum Gasteiger partial charge on any atom is 0.180 e. The fraction of sp³-hybridized carbons (Fsp3) is 0. The van der Waals surface area contributed by atoms with E-state index in [0.717, 1.165) is 38.5 Å². The zero-order valence-electron chi connectivity index (χ0n) is 12.6. The van der Waals surface area contributed by atoms with Gasteiger partial charge in [-0.15, -0.1) is 21.5 Å². The lowest BCUT2D eigenvalue weighted by Gasteiger charge is -2.08. The minimum Gasteiger partial charge on any atom is -0.257 e. The molecule has 5 heteroatoms. The molecule has 4 aromatic heterocycles. The second kappa shape index (κ2) is 5.25. The van der Waals surface area contributed by atoms with Gasteiger partial charge in [-0.05, 0) is 35.2 Å². The Kier molecular flexibility index (Phi) is 2.93. The molecule has 0 spiro atoms. The number of fused-ring (bicyclic) bond motifs is 3. The van der Waals surface area contributed by atoms with Crippen molar-refractivity contribution in [1.29, 1.82) is 0 Å². The first-order valence-corrected chi connectivity index (χ1v) is 8.52. The predicted molar refractivity (Wildman–Crippen MR) is 97.0 cm³/mol. The summed E-state index contributed by atoms with van der Waals surface area (Å²) < 4.78 is 2.06. The summed E-state index contributed by atoms with van der Waals surface area (Å²) in [6.07, 6.45) is 1.81. The third-order valence-corrected chi connectivity index (χ3v) is 4.92. The molecule has 0 aliphatic heterocycles. The van der Waals surface area contributed by atoms with Crippen LogP contribution in [0.3, 0.4) is 0 Å². The number of aromatic nitrogens is 4. The summed E-state index contributed by atoms with van der Waals surface area (Å²) in [6.45, 7) is 0. The van der Waals surface area contributed by atoms with Gasteiger partial charge in [0.25, 0.3) is 0 Å². The molecule has 0 fully saturated rings. The van der Waals surface area contributed by atoms with E-state index >= 15 is 0 Å². The topological polar surface area (TPSA) is 43.1 Å². The van der Waals surface area contributed by atoms with Crippen LogP contribution in [0.1, 0.15) is 0 Å². The molecule has 5 aromatic rings. The van der Waals surface area contributed by atoms with Gasteiger partial charge >= 0.3 is 0 Å². The summed E-state index contributed by atoms with van der Waals surface area (Å²) in [5.41, 5.74) is 3.89. The van der Waals surface area contributed by atoms with E-state index in [2.05, 4.69) is 49.9 Å². The number of hydrogen-bond acceptors (Lipinski definition) is 4. The first-order chi connectivity index (χ1) is 11.9. The zero-order chi connectivity index (χ0) is 15.9. The number of benzene rings is 1. The largest absolute Gasteiger partial charge is 0.257 e. The smallest absolute Gasteiger partial charge is 0.180 e. The molecule has 114 valence electrons. The van der Waals surface area contributed by atoms with Crippen molar-refractivity contribution in [2.75, 3.05) is 0 Å². The van der Waals surface area contributed by atoms with Gasteiger partial charge in [-0.25, -0.2) is 4.98 Å². The Morgan fingerprint density at radius 3 is 2.58 bits per heavy atom. The molecule has 0 bridgehead atoms. The third-order valence-electron chi connectivity index (χ3n) is 4.06. The molecule has 0 amide bonds. The average molecular weight is 328 g/mol. The Hall–Kier alpha value is -3.05. The van der Waals surface area contributed by atoms with Gasteiger partial charge in [-0.3, -0.25) is 4.40 Å². The highest BCUT2D eigenvalue weighted by molar-refractivity contribution is 7.13. The number of thiophene rings is 1. The molecule has 4 nitrogen and oxygen atoms in total. The predicted octanol–water partition coefficient (Wildman–Crippen LogP) is 4.67. The van der Waals surface area contributed by atoms with Crippen LogP contribution in [0.15, 0.2) is 72.2 Å². The minimum absolute atomic E-state index is 0.829. The number of nitrogens with zero attached hydrogens (tertiary/aromatic N) is 4. The molecule has 0 N–H and O–H groups in total. The lowest BCUT2D eigenvalue weighted by molar-refractivity contribution is 1.12. The lowest BCUT2D eigenvalue weighted by atomic mass is 10.1. The second-order valence-corrected chi connectivity index (χ2v) is 6.45. The van der Waals surface area contributed by atoms with E-state index in [1.807, 2.05) is 41.9 Å². The van der Waals surface area contributed by atoms with Crippen LogP contribution < -0.4 is 0 Å². The molecule has 0 saturated carbocycles. The molecule has 0 radical (unpaired) electrons. The van der Waals surface area contributed by atoms with Gasteiger partial charge in [0.2, 0.25) is 0 Å². The van der Waals surface area contributed by atoms with Crippen molar-refractivity contribution in [3.8, 4) is 21.8 Å². The fourth-order valence-electron chi connectivity index (χ4n) is 2.98. The van der Waals surface area contributed by atoms with Crippen LogP contribution in [0.2, 0.25) is 0 Å². The molecule has 0 atom stereocenters. The highest BCUT2D eigenvalue weighted by atomic mass is 32.1. The molecule has 0 saturated heterocycles. The van der Waals surface area contributed by atoms with Crippen LogP contribution in [0.25, 0.3) is 38.5 Å². The van der Waals surface area contributed by atoms with Gasteiger partial charge in [0, 0.05) is 17.1 Å². The summed E-state index contributed by atoms with van der Waals surface area (Å²) in [5, 5.41) is 12.1. The highest BCUT2D eigenvalue weighted by Gasteiger charge is 2.16. The van der Waals surface area contributed by atoms with Gasteiger partial charge in [0.15, 0.2) is 11.5 Å². The van der Waals surface area contributed by atoms with Crippen molar-refractivity contribution < 1.29 is 0 Å². The molecular weight excluding hydrogens is 316 g/mol. The maximum absolute atomic E-state index is 4.57. The van der Waals surface area contributed by atoms with Crippen molar-refractivity contribution in [2.45, 2.75) is 0 Å². The summed E-state index contributed by atoms with van der Waals surface area (Å²) >= 11 is 1.65. The van der Waals surface area contributed by atoms with E-state index in [-0.39, 0.29) is 0 Å². The van der Waals surface area contributed by atoms with E-state index in [1.54, 1.807) is 11.3 Å². The molecular formula is C19H12N4S. The Morgan fingerprint density at radius 1 is 0.833 bits per heavy atom. The van der Waals surface area contributed by atoms with E-state index in [4.69, 9.17) is 0 Å².